The van der Waals surface area contributed by atoms with E-state index in [4.69, 9.17) is 9.47 Å². The molecular formula is C18H26N4O3. The highest BCUT2D eigenvalue weighted by Gasteiger charge is 2.25. The van der Waals surface area contributed by atoms with Crippen molar-refractivity contribution in [2.75, 3.05) is 27.4 Å². The van der Waals surface area contributed by atoms with Gasteiger partial charge in [-0.2, -0.15) is 0 Å². The van der Waals surface area contributed by atoms with E-state index >= 15 is 0 Å². The zero-order valence-electron chi connectivity index (χ0n) is 15.2. The maximum atomic E-state index is 12.8. The first-order valence-corrected chi connectivity index (χ1v) is 8.46. The number of benzene rings is 1. The van der Waals surface area contributed by atoms with Crippen LogP contribution in [0.1, 0.15) is 22.5 Å². The van der Waals surface area contributed by atoms with Crippen molar-refractivity contribution in [2.24, 2.45) is 7.05 Å². The van der Waals surface area contributed by atoms with Gasteiger partial charge in [0.25, 0.3) is 5.91 Å². The van der Waals surface area contributed by atoms with Gasteiger partial charge in [0.05, 0.1) is 19.3 Å². The topological polar surface area (TPSA) is 76.5 Å². The van der Waals surface area contributed by atoms with Crippen molar-refractivity contribution in [3.8, 4) is 5.75 Å². The summed E-state index contributed by atoms with van der Waals surface area (Å²) in [6.07, 6.45) is 0.913. The van der Waals surface area contributed by atoms with Gasteiger partial charge in [-0.3, -0.25) is 15.6 Å². The summed E-state index contributed by atoms with van der Waals surface area (Å²) in [7, 11) is 5.29. The van der Waals surface area contributed by atoms with E-state index in [1.54, 1.807) is 14.2 Å². The van der Waals surface area contributed by atoms with Crippen molar-refractivity contribution in [3.63, 3.8) is 0 Å². The van der Waals surface area contributed by atoms with E-state index in [0.29, 0.717) is 18.7 Å². The van der Waals surface area contributed by atoms with Crippen LogP contribution < -0.4 is 20.9 Å². The van der Waals surface area contributed by atoms with Crippen LogP contribution in [0.3, 0.4) is 0 Å². The Morgan fingerprint density at radius 1 is 1.32 bits per heavy atom. The van der Waals surface area contributed by atoms with Crippen LogP contribution in [0.2, 0.25) is 0 Å². The molecule has 2 aromatic rings. The van der Waals surface area contributed by atoms with Gasteiger partial charge in [-0.15, -0.1) is 0 Å². The Morgan fingerprint density at radius 2 is 2.08 bits per heavy atom. The molecule has 1 aromatic carbocycles. The second kappa shape index (κ2) is 7.43. The van der Waals surface area contributed by atoms with Gasteiger partial charge in [-0.05, 0) is 31.5 Å². The Balaban J connectivity index is 1.75. The van der Waals surface area contributed by atoms with E-state index in [1.165, 1.54) is 0 Å². The Labute approximate surface area is 147 Å². The molecule has 1 saturated heterocycles. The molecule has 0 aliphatic carbocycles. The molecule has 1 amide bonds. The summed E-state index contributed by atoms with van der Waals surface area (Å²) in [6.45, 7) is 3.18. The molecule has 2 unspecified atom stereocenters. The van der Waals surface area contributed by atoms with Crippen molar-refractivity contribution in [2.45, 2.75) is 25.4 Å². The van der Waals surface area contributed by atoms with Crippen LogP contribution in [0.15, 0.2) is 18.2 Å². The van der Waals surface area contributed by atoms with Gasteiger partial charge in [0.15, 0.2) is 0 Å². The summed E-state index contributed by atoms with van der Waals surface area (Å²) in [5.74, 6) is 0.685. The first-order chi connectivity index (χ1) is 12.0. The van der Waals surface area contributed by atoms with Gasteiger partial charge in [-0.1, -0.05) is 0 Å². The average molecular weight is 346 g/mol. The Bertz CT molecular complexity index is 771. The minimum atomic E-state index is -0.0617. The molecule has 1 fully saturated rings. The maximum Gasteiger partial charge on any atom is 0.253 e. The quantitative estimate of drug-likeness (QED) is 0.730. The second-order valence-electron chi connectivity index (χ2n) is 6.49. The molecule has 3 rings (SSSR count). The Kier molecular flexibility index (Phi) is 5.27. The van der Waals surface area contributed by atoms with Gasteiger partial charge < -0.3 is 19.4 Å². The Morgan fingerprint density at radius 3 is 2.80 bits per heavy atom. The van der Waals surface area contributed by atoms with Crippen LogP contribution in [0.4, 0.5) is 0 Å². The fourth-order valence-corrected chi connectivity index (χ4v) is 3.41. The number of fused-ring (bicyclic) bond motifs is 1. The third kappa shape index (κ3) is 3.49. The number of nitrogens with one attached hydrogen (secondary N) is 3. The van der Waals surface area contributed by atoms with Crippen LogP contribution in [0.5, 0.6) is 5.75 Å². The number of methoxy groups -OCH3 is 2. The van der Waals surface area contributed by atoms with E-state index in [1.807, 2.05) is 36.7 Å². The number of carbonyl (C=O) groups is 1. The Hall–Kier alpha value is -2.09. The summed E-state index contributed by atoms with van der Waals surface area (Å²) in [6, 6.07) is 6.27. The number of ether oxygens (including phenoxy) is 2. The van der Waals surface area contributed by atoms with Gasteiger partial charge in [-0.25, -0.2) is 0 Å². The molecule has 0 spiro atoms. The molecule has 2 atom stereocenters. The number of amides is 1. The molecule has 0 bridgehead atoms. The molecule has 0 radical (unpaired) electrons. The molecular weight excluding hydrogens is 320 g/mol. The molecule has 2 heterocycles. The number of aryl methyl sites for hydroxylation is 1. The summed E-state index contributed by atoms with van der Waals surface area (Å²) in [4.78, 5) is 12.8. The number of rotatable bonds is 6. The zero-order chi connectivity index (χ0) is 18.0. The summed E-state index contributed by atoms with van der Waals surface area (Å²) < 4.78 is 12.5. The minimum absolute atomic E-state index is 0.0617. The van der Waals surface area contributed by atoms with E-state index in [9.17, 15) is 4.79 Å². The van der Waals surface area contributed by atoms with Crippen molar-refractivity contribution in [1.82, 2.24) is 20.7 Å². The first-order valence-electron chi connectivity index (χ1n) is 8.46. The third-order valence-corrected chi connectivity index (χ3v) is 4.86. The lowest BCUT2D eigenvalue weighted by molar-refractivity contribution is 0.0951. The number of hydrogen-bond acceptors (Lipinski definition) is 5. The van der Waals surface area contributed by atoms with Crippen molar-refractivity contribution in [3.05, 3.63) is 29.5 Å². The highest BCUT2D eigenvalue weighted by Crippen LogP contribution is 2.28. The van der Waals surface area contributed by atoms with Crippen LogP contribution in [0, 0.1) is 6.92 Å². The molecule has 7 heteroatoms. The van der Waals surface area contributed by atoms with Crippen molar-refractivity contribution in [1.29, 1.82) is 0 Å². The van der Waals surface area contributed by atoms with Crippen LogP contribution >= 0.6 is 0 Å². The monoisotopic (exact) mass is 346 g/mol. The predicted molar refractivity (Wildman–Crippen MR) is 96.9 cm³/mol. The molecule has 1 aromatic heterocycles. The zero-order valence-corrected chi connectivity index (χ0v) is 15.2. The minimum Gasteiger partial charge on any atom is -0.497 e. The standard InChI is InChI=1S/C18H26N4O3/c1-11-17(15-8-14(25-4)5-6-16(15)22(11)2)18(23)19-9-12-7-13(10-24-3)21-20-12/h5-6,8,12-13,20-21H,7,9-10H2,1-4H3,(H,19,23). The van der Waals surface area contributed by atoms with Crippen LogP contribution in [0.25, 0.3) is 10.9 Å². The molecule has 136 valence electrons. The summed E-state index contributed by atoms with van der Waals surface area (Å²) in [5.41, 5.74) is 9.05. The highest BCUT2D eigenvalue weighted by atomic mass is 16.5. The number of hydrogen-bond donors (Lipinski definition) is 3. The molecule has 25 heavy (non-hydrogen) atoms. The lowest BCUT2D eigenvalue weighted by Crippen LogP contribution is -2.41. The van der Waals surface area contributed by atoms with E-state index in [-0.39, 0.29) is 18.0 Å². The molecule has 7 nitrogen and oxygen atoms in total. The van der Waals surface area contributed by atoms with Crippen molar-refractivity contribution < 1.29 is 14.3 Å². The second-order valence-corrected chi connectivity index (χ2v) is 6.49. The number of carbonyl (C=O) groups excluding carboxylic acids is 1. The van der Waals surface area contributed by atoms with Crippen LogP contribution in [-0.4, -0.2) is 49.9 Å². The average Bonchev–Trinajstić information content (AvgIpc) is 3.16. The largest absolute Gasteiger partial charge is 0.497 e. The fraction of sp³-hybridized carbons (Fsp3) is 0.500. The van der Waals surface area contributed by atoms with E-state index in [2.05, 4.69) is 16.2 Å². The van der Waals surface area contributed by atoms with Gasteiger partial charge in [0.2, 0.25) is 0 Å². The van der Waals surface area contributed by atoms with Gasteiger partial charge >= 0.3 is 0 Å². The molecule has 0 saturated carbocycles. The van der Waals surface area contributed by atoms with E-state index in [0.717, 1.165) is 28.8 Å². The maximum absolute atomic E-state index is 12.8. The summed E-state index contributed by atoms with van der Waals surface area (Å²) >= 11 is 0. The predicted octanol–water partition coefficient (Wildman–Crippen LogP) is 1.11. The van der Waals surface area contributed by atoms with Crippen molar-refractivity contribution >= 4 is 16.8 Å². The number of aromatic nitrogens is 1. The van der Waals surface area contributed by atoms with Crippen LogP contribution in [-0.2, 0) is 11.8 Å². The fourth-order valence-electron chi connectivity index (χ4n) is 3.41. The molecule has 1 aliphatic rings. The summed E-state index contributed by atoms with van der Waals surface area (Å²) in [5, 5.41) is 3.96. The van der Waals surface area contributed by atoms with Gasteiger partial charge in [0.1, 0.15) is 5.75 Å². The SMILES string of the molecule is COCC1CC(CNC(=O)c2c(C)n(C)c3ccc(OC)cc23)NN1. The number of nitrogens with zero attached hydrogens (tertiary/aromatic N) is 1. The lowest BCUT2D eigenvalue weighted by atomic mass is 10.1. The van der Waals surface area contributed by atoms with Gasteiger partial charge in [0, 0.05) is 49.4 Å². The molecule has 1 aliphatic heterocycles. The normalized spacial score (nSPS) is 20.2. The smallest absolute Gasteiger partial charge is 0.253 e. The van der Waals surface area contributed by atoms with E-state index < -0.39 is 0 Å². The first kappa shape index (κ1) is 17.7. The lowest BCUT2D eigenvalue weighted by Gasteiger charge is -2.11. The number of hydrazine groups is 1. The third-order valence-electron chi connectivity index (χ3n) is 4.86. The highest BCUT2D eigenvalue weighted by molar-refractivity contribution is 6.08. The molecule has 3 N–H and O–H groups in total.